The Labute approximate surface area is 89.0 Å². The van der Waals surface area contributed by atoms with E-state index in [2.05, 4.69) is 0 Å². The lowest BCUT2D eigenvalue weighted by Gasteiger charge is -2.07. The molecule has 1 aromatic carbocycles. The normalized spacial score (nSPS) is 10.5. The third-order valence-corrected chi connectivity index (χ3v) is 2.01. The Morgan fingerprint density at radius 2 is 2.06 bits per heavy atom. The van der Waals surface area contributed by atoms with Gasteiger partial charge in [-0.15, -0.1) is 0 Å². The zero-order chi connectivity index (χ0) is 12.5. The molecule has 0 fully saturated rings. The first-order chi connectivity index (χ1) is 7.34. The van der Waals surface area contributed by atoms with Gasteiger partial charge in [0.15, 0.2) is 5.78 Å². The van der Waals surface area contributed by atoms with E-state index in [1.165, 1.54) is 0 Å². The van der Waals surface area contributed by atoms with Gasteiger partial charge in [-0.2, -0.15) is 0 Å². The molecule has 2 N–H and O–H groups in total. The van der Waals surface area contributed by atoms with Gasteiger partial charge in [0, 0.05) is 17.2 Å². The predicted molar refractivity (Wildman–Crippen MR) is 52.5 cm³/mol. The van der Waals surface area contributed by atoms with Gasteiger partial charge in [0.1, 0.15) is 5.69 Å². The summed E-state index contributed by atoms with van der Waals surface area (Å²) in [5.74, 6) is -0.614. The molecule has 5 nitrogen and oxygen atoms in total. The van der Waals surface area contributed by atoms with E-state index >= 15 is 0 Å². The lowest BCUT2D eigenvalue weighted by molar-refractivity contribution is -0.384. The Morgan fingerprint density at radius 3 is 2.44 bits per heavy atom. The molecule has 0 atom stereocenters. The number of nitrogens with two attached hydrogens (primary N) is 1. The van der Waals surface area contributed by atoms with E-state index in [0.29, 0.717) is 6.07 Å². The van der Waals surface area contributed by atoms with Gasteiger partial charge in [-0.05, 0) is 13.0 Å². The van der Waals surface area contributed by atoms with Crippen LogP contribution in [-0.4, -0.2) is 10.7 Å². The second kappa shape index (κ2) is 4.21. The third kappa shape index (κ3) is 2.13. The molecule has 0 aliphatic rings. The predicted octanol–water partition coefficient (Wildman–Crippen LogP) is 2.32. The van der Waals surface area contributed by atoms with Crippen molar-refractivity contribution in [1.29, 1.82) is 0 Å². The molecule has 1 aromatic rings. The molecule has 0 bridgehead atoms. The molecule has 0 aliphatic carbocycles. The fraction of sp³-hybridized carbons (Fsp3) is 0.222. The lowest BCUT2D eigenvalue weighted by Crippen LogP contribution is -2.05. The highest BCUT2D eigenvalue weighted by Crippen LogP contribution is 2.31. The Bertz CT molecular complexity index is 460. The van der Waals surface area contributed by atoms with Gasteiger partial charge in [-0.1, -0.05) is 0 Å². The van der Waals surface area contributed by atoms with Crippen molar-refractivity contribution in [1.82, 2.24) is 0 Å². The van der Waals surface area contributed by atoms with Gasteiger partial charge in [0.25, 0.3) is 12.1 Å². The van der Waals surface area contributed by atoms with Crippen LogP contribution in [0.4, 0.5) is 20.2 Å². The topological polar surface area (TPSA) is 86.2 Å². The van der Waals surface area contributed by atoms with Crippen LogP contribution in [0.5, 0.6) is 0 Å². The average molecular weight is 230 g/mol. The first-order valence-electron chi connectivity index (χ1n) is 4.21. The number of halogens is 2. The fourth-order valence-corrected chi connectivity index (χ4v) is 1.26. The molecule has 0 saturated carbocycles. The molecule has 0 saturated heterocycles. The van der Waals surface area contributed by atoms with Crippen LogP contribution in [0, 0.1) is 10.1 Å². The molecule has 1 rings (SSSR count). The highest BCUT2D eigenvalue weighted by molar-refractivity contribution is 5.97. The maximum Gasteiger partial charge on any atom is 0.292 e. The van der Waals surface area contributed by atoms with Crippen molar-refractivity contribution in [2.24, 2.45) is 0 Å². The van der Waals surface area contributed by atoms with Crippen LogP contribution in [0.1, 0.15) is 29.3 Å². The minimum absolute atomic E-state index is 0.293. The number of alkyl halides is 2. The standard InChI is InChI=1S/C9H8F2N2O3/c1-4(14)5-2-7(12)8(13(15)16)3-6(5)9(10)11/h2-3,9H,12H2,1H3. The summed E-state index contributed by atoms with van der Waals surface area (Å²) in [5.41, 5.74) is 3.39. The van der Waals surface area contributed by atoms with Crippen molar-refractivity contribution in [2.75, 3.05) is 5.73 Å². The van der Waals surface area contributed by atoms with Crippen molar-refractivity contribution < 1.29 is 18.5 Å². The first-order valence-corrected chi connectivity index (χ1v) is 4.21. The number of carbonyl (C=O) groups is 1. The van der Waals surface area contributed by atoms with Crippen LogP contribution in [0.2, 0.25) is 0 Å². The van der Waals surface area contributed by atoms with Crippen molar-refractivity contribution in [3.05, 3.63) is 33.4 Å². The highest BCUT2D eigenvalue weighted by Gasteiger charge is 2.22. The van der Waals surface area contributed by atoms with Gasteiger partial charge in [-0.3, -0.25) is 14.9 Å². The second-order valence-corrected chi connectivity index (χ2v) is 3.11. The Hall–Kier alpha value is -2.05. The molecule has 0 spiro atoms. The van der Waals surface area contributed by atoms with Crippen molar-refractivity contribution in [3.63, 3.8) is 0 Å². The monoisotopic (exact) mass is 230 g/mol. The van der Waals surface area contributed by atoms with Gasteiger partial charge >= 0.3 is 0 Å². The number of Topliss-reactive ketones (excluding diaryl/α,β-unsaturated/α-hetero) is 1. The number of nitrogen functional groups attached to an aromatic ring is 1. The van der Waals surface area contributed by atoms with Crippen LogP contribution < -0.4 is 5.73 Å². The second-order valence-electron chi connectivity index (χ2n) is 3.11. The summed E-state index contributed by atoms with van der Waals surface area (Å²) in [4.78, 5) is 20.6. The molecule has 0 amide bonds. The van der Waals surface area contributed by atoms with Gasteiger partial charge in [-0.25, -0.2) is 8.78 Å². The Morgan fingerprint density at radius 1 is 1.50 bits per heavy atom. The minimum Gasteiger partial charge on any atom is -0.393 e. The molecular formula is C9H8F2N2O3. The van der Waals surface area contributed by atoms with Gasteiger partial charge in [0.2, 0.25) is 0 Å². The smallest absolute Gasteiger partial charge is 0.292 e. The third-order valence-electron chi connectivity index (χ3n) is 2.01. The SMILES string of the molecule is CC(=O)c1cc(N)c([N+](=O)[O-])cc1C(F)F. The molecular weight excluding hydrogens is 222 g/mol. The number of hydrogen-bond acceptors (Lipinski definition) is 4. The van der Waals surface area contributed by atoms with Crippen molar-refractivity contribution >= 4 is 17.2 Å². The zero-order valence-electron chi connectivity index (χ0n) is 8.24. The summed E-state index contributed by atoms with van der Waals surface area (Å²) in [5, 5.41) is 10.5. The first kappa shape index (κ1) is 12.0. The number of nitro benzene ring substituents is 1. The molecule has 0 radical (unpaired) electrons. The summed E-state index contributed by atoms with van der Waals surface area (Å²) in [6.07, 6.45) is -2.96. The van der Waals surface area contributed by atoms with Crippen LogP contribution in [0.15, 0.2) is 12.1 Å². The summed E-state index contributed by atoms with van der Waals surface area (Å²) in [6.45, 7) is 1.09. The van der Waals surface area contributed by atoms with Crippen molar-refractivity contribution in [2.45, 2.75) is 13.3 Å². The van der Waals surface area contributed by atoms with E-state index in [1.807, 2.05) is 0 Å². The summed E-state index contributed by atoms with van der Waals surface area (Å²) in [6, 6.07) is 1.54. The largest absolute Gasteiger partial charge is 0.393 e. The highest BCUT2D eigenvalue weighted by atomic mass is 19.3. The molecule has 0 heterocycles. The summed E-state index contributed by atoms with van der Waals surface area (Å²) < 4.78 is 25.1. The van der Waals surface area contributed by atoms with Gasteiger partial charge in [0.05, 0.1) is 4.92 Å². The van der Waals surface area contributed by atoms with E-state index < -0.39 is 28.4 Å². The minimum atomic E-state index is -2.96. The molecule has 0 aromatic heterocycles. The van der Waals surface area contributed by atoms with Crippen LogP contribution in [0.25, 0.3) is 0 Å². The maximum atomic E-state index is 12.5. The Balaban J connectivity index is 3.49. The molecule has 86 valence electrons. The average Bonchev–Trinajstić information content (AvgIpc) is 2.15. The van der Waals surface area contributed by atoms with E-state index in [9.17, 15) is 23.7 Å². The van der Waals surface area contributed by atoms with Crippen LogP contribution in [0.3, 0.4) is 0 Å². The summed E-state index contributed by atoms with van der Waals surface area (Å²) in [7, 11) is 0. The number of carbonyl (C=O) groups excluding carboxylic acids is 1. The number of hydrogen-bond donors (Lipinski definition) is 1. The quantitative estimate of drug-likeness (QED) is 0.373. The van der Waals surface area contributed by atoms with Crippen LogP contribution in [-0.2, 0) is 0 Å². The molecule has 0 unspecified atom stereocenters. The molecule has 7 heteroatoms. The lowest BCUT2D eigenvalue weighted by atomic mass is 10.0. The number of rotatable bonds is 3. The van der Waals surface area contributed by atoms with Crippen LogP contribution >= 0.6 is 0 Å². The van der Waals surface area contributed by atoms with E-state index in [-0.39, 0.29) is 11.3 Å². The number of benzene rings is 1. The van der Waals surface area contributed by atoms with E-state index in [4.69, 9.17) is 5.73 Å². The molecule has 16 heavy (non-hydrogen) atoms. The zero-order valence-corrected chi connectivity index (χ0v) is 8.24. The Kier molecular flexibility index (Phi) is 3.17. The number of nitrogens with zero attached hydrogens (tertiary/aromatic N) is 1. The van der Waals surface area contributed by atoms with E-state index in [1.54, 1.807) is 0 Å². The summed E-state index contributed by atoms with van der Waals surface area (Å²) >= 11 is 0. The van der Waals surface area contributed by atoms with E-state index in [0.717, 1.165) is 13.0 Å². The molecule has 0 aliphatic heterocycles. The van der Waals surface area contributed by atoms with Gasteiger partial charge < -0.3 is 5.73 Å². The van der Waals surface area contributed by atoms with Crippen molar-refractivity contribution in [3.8, 4) is 0 Å². The number of anilines is 1. The number of nitro groups is 1. The fourth-order valence-electron chi connectivity index (χ4n) is 1.26. The number of ketones is 1. The maximum absolute atomic E-state index is 12.5.